The SMILES string of the molecule is CNCC(C)C(C)N(C)Cc1cccc(C)n1. The van der Waals surface area contributed by atoms with Crippen LogP contribution in [0, 0.1) is 12.8 Å². The van der Waals surface area contributed by atoms with Gasteiger partial charge in [-0.05, 0) is 52.5 Å². The molecule has 0 bridgehead atoms. The molecule has 3 nitrogen and oxygen atoms in total. The molecule has 0 spiro atoms. The Morgan fingerprint density at radius 2 is 2.06 bits per heavy atom. The van der Waals surface area contributed by atoms with Crippen LogP contribution in [-0.2, 0) is 6.54 Å². The molecule has 2 atom stereocenters. The van der Waals surface area contributed by atoms with E-state index in [4.69, 9.17) is 0 Å². The number of hydrogen-bond acceptors (Lipinski definition) is 3. The molecule has 0 saturated heterocycles. The molecule has 1 aromatic rings. The van der Waals surface area contributed by atoms with Crippen LogP contribution >= 0.6 is 0 Å². The molecule has 0 fully saturated rings. The molecule has 2 unspecified atom stereocenters. The van der Waals surface area contributed by atoms with Gasteiger partial charge in [-0.15, -0.1) is 0 Å². The molecule has 0 amide bonds. The molecular formula is C14H25N3. The lowest BCUT2D eigenvalue weighted by Crippen LogP contribution is -2.38. The van der Waals surface area contributed by atoms with Crippen LogP contribution in [0.25, 0.3) is 0 Å². The Kier molecular flexibility index (Phi) is 5.59. The number of rotatable bonds is 6. The van der Waals surface area contributed by atoms with Crippen LogP contribution in [0.15, 0.2) is 18.2 Å². The van der Waals surface area contributed by atoms with Crippen molar-refractivity contribution in [2.75, 3.05) is 20.6 Å². The molecule has 0 aromatic carbocycles. The zero-order valence-electron chi connectivity index (χ0n) is 11.7. The second-order valence-electron chi connectivity index (χ2n) is 4.96. The van der Waals surface area contributed by atoms with Gasteiger partial charge in [-0.25, -0.2) is 0 Å². The van der Waals surface area contributed by atoms with Crippen molar-refractivity contribution in [2.24, 2.45) is 5.92 Å². The van der Waals surface area contributed by atoms with Crippen LogP contribution in [-0.4, -0.2) is 36.6 Å². The highest BCUT2D eigenvalue weighted by atomic mass is 15.1. The van der Waals surface area contributed by atoms with Gasteiger partial charge in [-0.1, -0.05) is 13.0 Å². The first-order valence-corrected chi connectivity index (χ1v) is 6.32. The van der Waals surface area contributed by atoms with E-state index in [1.54, 1.807) is 0 Å². The van der Waals surface area contributed by atoms with Crippen LogP contribution < -0.4 is 5.32 Å². The third-order valence-corrected chi connectivity index (χ3v) is 3.40. The molecule has 0 radical (unpaired) electrons. The molecular weight excluding hydrogens is 210 g/mol. The van der Waals surface area contributed by atoms with E-state index in [1.807, 2.05) is 20.0 Å². The lowest BCUT2D eigenvalue weighted by molar-refractivity contribution is 0.188. The fraction of sp³-hybridized carbons (Fsp3) is 0.643. The normalized spacial score (nSPS) is 14.9. The topological polar surface area (TPSA) is 28.2 Å². The Morgan fingerprint density at radius 1 is 1.35 bits per heavy atom. The van der Waals surface area contributed by atoms with E-state index in [1.165, 1.54) is 0 Å². The molecule has 96 valence electrons. The smallest absolute Gasteiger partial charge is 0.0547 e. The lowest BCUT2D eigenvalue weighted by Gasteiger charge is -2.29. The molecule has 0 saturated carbocycles. The summed E-state index contributed by atoms with van der Waals surface area (Å²) in [6, 6.07) is 6.76. The molecule has 0 aliphatic carbocycles. The van der Waals surface area contributed by atoms with Gasteiger partial charge in [0.25, 0.3) is 0 Å². The molecule has 1 heterocycles. The van der Waals surface area contributed by atoms with Crippen molar-refractivity contribution in [3.8, 4) is 0 Å². The molecule has 0 aliphatic heterocycles. The Labute approximate surface area is 105 Å². The van der Waals surface area contributed by atoms with Crippen LogP contribution in [0.3, 0.4) is 0 Å². The van der Waals surface area contributed by atoms with E-state index >= 15 is 0 Å². The van der Waals surface area contributed by atoms with Crippen LogP contribution in [0.1, 0.15) is 25.2 Å². The quantitative estimate of drug-likeness (QED) is 0.818. The standard InChI is InChI=1S/C14H25N3/c1-11(9-15-4)13(3)17(5)10-14-8-6-7-12(2)16-14/h6-8,11,13,15H,9-10H2,1-5H3. The van der Waals surface area contributed by atoms with Crippen LogP contribution in [0.5, 0.6) is 0 Å². The summed E-state index contributed by atoms with van der Waals surface area (Å²) < 4.78 is 0. The second kappa shape index (κ2) is 6.72. The van der Waals surface area contributed by atoms with E-state index in [2.05, 4.69) is 48.2 Å². The summed E-state index contributed by atoms with van der Waals surface area (Å²) in [6.07, 6.45) is 0. The summed E-state index contributed by atoms with van der Waals surface area (Å²) in [5.74, 6) is 0.634. The second-order valence-corrected chi connectivity index (χ2v) is 4.96. The highest BCUT2D eigenvalue weighted by Crippen LogP contribution is 2.11. The number of aromatic nitrogens is 1. The maximum absolute atomic E-state index is 4.54. The van der Waals surface area contributed by atoms with E-state index in [0.29, 0.717) is 12.0 Å². The van der Waals surface area contributed by atoms with Crippen molar-refractivity contribution in [3.63, 3.8) is 0 Å². The number of nitrogens with one attached hydrogen (secondary N) is 1. The highest BCUT2D eigenvalue weighted by Gasteiger charge is 2.16. The zero-order valence-corrected chi connectivity index (χ0v) is 11.7. The minimum atomic E-state index is 0.546. The van der Waals surface area contributed by atoms with E-state index in [9.17, 15) is 0 Å². The Morgan fingerprint density at radius 3 is 2.65 bits per heavy atom. The van der Waals surface area contributed by atoms with Gasteiger partial charge < -0.3 is 5.32 Å². The van der Waals surface area contributed by atoms with Gasteiger partial charge in [0, 0.05) is 18.3 Å². The summed E-state index contributed by atoms with van der Waals surface area (Å²) in [5.41, 5.74) is 2.24. The maximum atomic E-state index is 4.54. The van der Waals surface area contributed by atoms with Crippen LogP contribution in [0.2, 0.25) is 0 Å². The largest absolute Gasteiger partial charge is 0.319 e. The average molecular weight is 235 g/mol. The first kappa shape index (κ1) is 14.1. The predicted molar refractivity (Wildman–Crippen MR) is 73.0 cm³/mol. The molecule has 1 aromatic heterocycles. The Bertz CT molecular complexity index is 338. The first-order valence-electron chi connectivity index (χ1n) is 6.32. The van der Waals surface area contributed by atoms with E-state index < -0.39 is 0 Å². The summed E-state index contributed by atoms with van der Waals surface area (Å²) >= 11 is 0. The Hall–Kier alpha value is -0.930. The first-order chi connectivity index (χ1) is 8.04. The van der Waals surface area contributed by atoms with Crippen molar-refractivity contribution in [3.05, 3.63) is 29.6 Å². The molecule has 3 heteroatoms. The lowest BCUT2D eigenvalue weighted by atomic mass is 10.0. The summed E-state index contributed by atoms with van der Waals surface area (Å²) in [5, 5.41) is 3.23. The van der Waals surface area contributed by atoms with Crippen molar-refractivity contribution in [1.29, 1.82) is 0 Å². The van der Waals surface area contributed by atoms with Crippen molar-refractivity contribution in [2.45, 2.75) is 33.4 Å². The van der Waals surface area contributed by atoms with Crippen molar-refractivity contribution in [1.82, 2.24) is 15.2 Å². The maximum Gasteiger partial charge on any atom is 0.0547 e. The number of nitrogens with zero attached hydrogens (tertiary/aromatic N) is 2. The number of aryl methyl sites for hydroxylation is 1. The average Bonchev–Trinajstić information content (AvgIpc) is 2.28. The van der Waals surface area contributed by atoms with Gasteiger partial charge in [-0.2, -0.15) is 0 Å². The van der Waals surface area contributed by atoms with Gasteiger partial charge in [0.15, 0.2) is 0 Å². The van der Waals surface area contributed by atoms with Gasteiger partial charge in [-0.3, -0.25) is 9.88 Å². The fourth-order valence-corrected chi connectivity index (χ4v) is 2.01. The summed E-state index contributed by atoms with van der Waals surface area (Å²) in [4.78, 5) is 6.91. The third-order valence-electron chi connectivity index (χ3n) is 3.40. The summed E-state index contributed by atoms with van der Waals surface area (Å²) in [7, 11) is 4.17. The van der Waals surface area contributed by atoms with E-state index in [0.717, 1.165) is 24.5 Å². The molecule has 1 rings (SSSR count). The monoisotopic (exact) mass is 235 g/mol. The van der Waals surface area contributed by atoms with Gasteiger partial charge >= 0.3 is 0 Å². The van der Waals surface area contributed by atoms with Gasteiger partial charge in [0.2, 0.25) is 0 Å². The number of hydrogen-bond donors (Lipinski definition) is 1. The molecule has 1 N–H and O–H groups in total. The zero-order chi connectivity index (χ0) is 12.8. The van der Waals surface area contributed by atoms with Crippen molar-refractivity contribution >= 4 is 0 Å². The Balaban J connectivity index is 2.56. The predicted octanol–water partition coefficient (Wildman–Crippen LogP) is 2.07. The number of pyridine rings is 1. The third kappa shape index (κ3) is 4.44. The minimum Gasteiger partial charge on any atom is -0.319 e. The molecule has 0 aliphatic rings. The fourth-order valence-electron chi connectivity index (χ4n) is 2.01. The molecule has 17 heavy (non-hydrogen) atoms. The van der Waals surface area contributed by atoms with Crippen molar-refractivity contribution < 1.29 is 0 Å². The minimum absolute atomic E-state index is 0.546. The van der Waals surface area contributed by atoms with Gasteiger partial charge in [0.05, 0.1) is 5.69 Å². The van der Waals surface area contributed by atoms with Gasteiger partial charge in [0.1, 0.15) is 0 Å². The summed E-state index contributed by atoms with van der Waals surface area (Å²) in [6.45, 7) is 8.55. The highest BCUT2D eigenvalue weighted by molar-refractivity contribution is 5.09. The van der Waals surface area contributed by atoms with Crippen LogP contribution in [0.4, 0.5) is 0 Å². The van der Waals surface area contributed by atoms with E-state index in [-0.39, 0.29) is 0 Å².